The number of likely N-dealkylation sites (N-methyl/N-ethyl adjacent to an activating group) is 1. The first-order valence-corrected chi connectivity index (χ1v) is 6.04. The Kier molecular flexibility index (Phi) is 4.72. The number of carbonyl (C=O) groups excluding carboxylic acids is 1. The Balaban J connectivity index is 3.00. The van der Waals surface area contributed by atoms with Crippen molar-refractivity contribution < 1.29 is 9.72 Å². The fraction of sp³-hybridized carbons (Fsp3) is 0.417. The van der Waals surface area contributed by atoms with Crippen molar-refractivity contribution in [1.82, 2.24) is 4.90 Å². The molecule has 1 N–H and O–H groups in total. The first kappa shape index (κ1) is 15.2. The lowest BCUT2D eigenvalue weighted by atomic mass is 10.1. The third-order valence-electron chi connectivity index (χ3n) is 2.67. The fourth-order valence-corrected chi connectivity index (χ4v) is 1.87. The minimum absolute atomic E-state index is 0.0397. The number of hydrogen-bond acceptors (Lipinski definition) is 4. The first-order chi connectivity index (χ1) is 8.73. The molecule has 6 nitrogen and oxygen atoms in total. The summed E-state index contributed by atoms with van der Waals surface area (Å²) in [5.74, 6) is -0.105. The average Bonchev–Trinajstić information content (AvgIpc) is 2.31. The molecule has 0 spiro atoms. The smallest absolute Gasteiger partial charge is 0.273 e. The summed E-state index contributed by atoms with van der Waals surface area (Å²) in [7, 11) is 3.31. The highest BCUT2D eigenvalue weighted by atomic mass is 35.5. The summed E-state index contributed by atoms with van der Waals surface area (Å²) in [5, 5.41) is 13.9. The molecular formula is C12H16ClN3O3. The average molecular weight is 286 g/mol. The largest absolute Gasteiger partial charge is 0.373 e. The van der Waals surface area contributed by atoms with Crippen LogP contribution in [0, 0.1) is 17.0 Å². The van der Waals surface area contributed by atoms with Crippen LogP contribution in [0.5, 0.6) is 0 Å². The third kappa shape index (κ3) is 3.57. The number of nitro groups is 1. The molecule has 1 aromatic carbocycles. The molecular weight excluding hydrogens is 270 g/mol. The molecule has 1 rings (SSSR count). The second-order valence-corrected chi connectivity index (χ2v) is 4.88. The van der Waals surface area contributed by atoms with Gasteiger partial charge in [0.25, 0.3) is 5.69 Å². The molecule has 0 aliphatic heterocycles. The minimum atomic E-state index is -0.487. The van der Waals surface area contributed by atoms with E-state index in [0.29, 0.717) is 11.3 Å². The number of anilines is 1. The van der Waals surface area contributed by atoms with E-state index in [9.17, 15) is 14.9 Å². The van der Waals surface area contributed by atoms with Crippen molar-refractivity contribution in [1.29, 1.82) is 0 Å². The lowest BCUT2D eigenvalue weighted by Crippen LogP contribution is -2.36. The van der Waals surface area contributed by atoms with E-state index in [0.717, 1.165) is 0 Å². The lowest BCUT2D eigenvalue weighted by Gasteiger charge is -2.19. The zero-order valence-corrected chi connectivity index (χ0v) is 12.0. The lowest BCUT2D eigenvalue weighted by molar-refractivity contribution is -0.385. The number of aryl methyl sites for hydroxylation is 1. The van der Waals surface area contributed by atoms with E-state index in [4.69, 9.17) is 11.6 Å². The van der Waals surface area contributed by atoms with Crippen molar-refractivity contribution in [3.8, 4) is 0 Å². The van der Waals surface area contributed by atoms with Gasteiger partial charge in [0.05, 0.1) is 15.6 Å². The van der Waals surface area contributed by atoms with E-state index >= 15 is 0 Å². The maximum absolute atomic E-state index is 11.7. The van der Waals surface area contributed by atoms with Gasteiger partial charge in [-0.2, -0.15) is 0 Å². The second-order valence-electron chi connectivity index (χ2n) is 4.47. The van der Waals surface area contributed by atoms with Gasteiger partial charge in [-0.15, -0.1) is 0 Å². The molecule has 0 bridgehead atoms. The Morgan fingerprint density at radius 2 is 2.05 bits per heavy atom. The summed E-state index contributed by atoms with van der Waals surface area (Å²) in [6.45, 7) is 3.33. The normalized spacial score (nSPS) is 11.8. The quantitative estimate of drug-likeness (QED) is 0.681. The molecule has 0 aromatic heterocycles. The van der Waals surface area contributed by atoms with E-state index in [2.05, 4.69) is 5.32 Å². The van der Waals surface area contributed by atoms with Crippen LogP contribution >= 0.6 is 11.6 Å². The summed E-state index contributed by atoms with van der Waals surface area (Å²) < 4.78 is 0. The van der Waals surface area contributed by atoms with E-state index < -0.39 is 11.0 Å². The Labute approximate surface area is 116 Å². The van der Waals surface area contributed by atoms with Crippen molar-refractivity contribution in [3.05, 3.63) is 32.8 Å². The zero-order valence-electron chi connectivity index (χ0n) is 11.2. The molecule has 0 aliphatic rings. The number of halogens is 1. The summed E-state index contributed by atoms with van der Waals surface area (Å²) in [6.07, 6.45) is 0. The Morgan fingerprint density at radius 1 is 1.47 bits per heavy atom. The highest BCUT2D eigenvalue weighted by Gasteiger charge is 2.19. The van der Waals surface area contributed by atoms with Gasteiger partial charge < -0.3 is 10.2 Å². The van der Waals surface area contributed by atoms with Crippen LogP contribution < -0.4 is 5.32 Å². The van der Waals surface area contributed by atoms with Crippen LogP contribution in [0.2, 0.25) is 5.02 Å². The van der Waals surface area contributed by atoms with Crippen LogP contribution in [0.3, 0.4) is 0 Å². The molecule has 0 radical (unpaired) electrons. The van der Waals surface area contributed by atoms with Gasteiger partial charge in [0, 0.05) is 25.7 Å². The van der Waals surface area contributed by atoms with Crippen molar-refractivity contribution in [2.45, 2.75) is 19.9 Å². The number of rotatable bonds is 4. The number of benzene rings is 1. The molecule has 0 saturated carbocycles. The summed E-state index contributed by atoms with van der Waals surface area (Å²) in [6, 6.07) is 2.39. The van der Waals surface area contributed by atoms with Gasteiger partial charge in [-0.3, -0.25) is 14.9 Å². The molecule has 1 amide bonds. The molecule has 19 heavy (non-hydrogen) atoms. The van der Waals surface area contributed by atoms with Crippen LogP contribution in [-0.2, 0) is 4.79 Å². The molecule has 0 aliphatic carbocycles. The summed E-state index contributed by atoms with van der Waals surface area (Å²) in [4.78, 5) is 23.5. The van der Waals surface area contributed by atoms with Crippen molar-refractivity contribution in [2.24, 2.45) is 0 Å². The number of nitrogens with zero attached hydrogens (tertiary/aromatic N) is 2. The highest BCUT2D eigenvalue weighted by molar-refractivity contribution is 6.33. The number of carbonyl (C=O) groups is 1. The van der Waals surface area contributed by atoms with Gasteiger partial charge >= 0.3 is 0 Å². The van der Waals surface area contributed by atoms with Gasteiger partial charge in [-0.25, -0.2) is 0 Å². The molecule has 1 atom stereocenters. The summed E-state index contributed by atoms with van der Waals surface area (Å²) >= 11 is 5.98. The molecule has 104 valence electrons. The molecule has 0 unspecified atom stereocenters. The van der Waals surface area contributed by atoms with Gasteiger partial charge in [0.2, 0.25) is 5.91 Å². The van der Waals surface area contributed by atoms with Gasteiger partial charge in [0.1, 0.15) is 6.04 Å². The highest BCUT2D eigenvalue weighted by Crippen LogP contribution is 2.30. The third-order valence-corrected chi connectivity index (χ3v) is 2.98. The van der Waals surface area contributed by atoms with Crippen LogP contribution in [-0.4, -0.2) is 35.9 Å². The molecule has 1 aromatic rings. The maximum atomic E-state index is 11.7. The van der Waals surface area contributed by atoms with E-state index in [1.165, 1.54) is 11.0 Å². The Bertz CT molecular complexity index is 517. The molecule has 0 saturated heterocycles. The number of amides is 1. The van der Waals surface area contributed by atoms with Gasteiger partial charge in [0.15, 0.2) is 0 Å². The predicted molar refractivity (Wildman–Crippen MR) is 74.6 cm³/mol. The fourth-order valence-electron chi connectivity index (χ4n) is 1.66. The van der Waals surface area contributed by atoms with Crippen molar-refractivity contribution >= 4 is 28.9 Å². The van der Waals surface area contributed by atoms with E-state index in [1.54, 1.807) is 34.0 Å². The number of nitrogens with one attached hydrogen (secondary N) is 1. The topological polar surface area (TPSA) is 75.5 Å². The van der Waals surface area contributed by atoms with Crippen LogP contribution in [0.1, 0.15) is 12.5 Å². The van der Waals surface area contributed by atoms with Crippen molar-refractivity contribution in [2.75, 3.05) is 19.4 Å². The molecule has 0 heterocycles. The van der Waals surface area contributed by atoms with Crippen molar-refractivity contribution in [3.63, 3.8) is 0 Å². The second kappa shape index (κ2) is 5.88. The maximum Gasteiger partial charge on any atom is 0.273 e. The van der Waals surface area contributed by atoms with Crippen LogP contribution in [0.4, 0.5) is 11.4 Å². The van der Waals surface area contributed by atoms with Crippen LogP contribution in [0.25, 0.3) is 0 Å². The van der Waals surface area contributed by atoms with Crippen LogP contribution in [0.15, 0.2) is 12.1 Å². The standard InChI is InChI=1S/C12H16ClN3O3/c1-7-5-10(9(13)6-11(7)16(18)19)14-8(2)12(17)15(3)4/h5-6,8,14H,1-4H3/t8-/m0/s1. The molecule has 0 fully saturated rings. The monoisotopic (exact) mass is 285 g/mol. The number of hydrogen-bond donors (Lipinski definition) is 1. The van der Waals surface area contributed by atoms with E-state index in [-0.39, 0.29) is 16.6 Å². The molecule has 7 heteroatoms. The Hall–Kier alpha value is -1.82. The zero-order chi connectivity index (χ0) is 14.7. The minimum Gasteiger partial charge on any atom is -0.373 e. The SMILES string of the molecule is Cc1cc(N[C@@H](C)C(=O)N(C)C)c(Cl)cc1[N+](=O)[O-]. The predicted octanol–water partition coefficient (Wildman–Crippen LogP) is 2.45. The van der Waals surface area contributed by atoms with E-state index in [1.807, 2.05) is 0 Å². The number of nitro benzene ring substituents is 1. The van der Waals surface area contributed by atoms with Gasteiger partial charge in [-0.05, 0) is 19.9 Å². The van der Waals surface area contributed by atoms with Gasteiger partial charge in [-0.1, -0.05) is 11.6 Å². The Morgan fingerprint density at radius 3 is 2.53 bits per heavy atom. The summed E-state index contributed by atoms with van der Waals surface area (Å²) in [5.41, 5.74) is 0.955. The first-order valence-electron chi connectivity index (χ1n) is 5.66.